The topological polar surface area (TPSA) is 29.9 Å². The van der Waals surface area contributed by atoms with Crippen LogP contribution in [0.1, 0.15) is 41.0 Å². The molecule has 0 aliphatic rings. The molecule has 3 heteroatoms. The highest BCUT2D eigenvalue weighted by atomic mass is 15.3. The molecule has 0 aliphatic carbocycles. The van der Waals surface area contributed by atoms with Gasteiger partial charge in [-0.15, -0.1) is 0 Å². The molecule has 0 fully saturated rings. The fourth-order valence-electron chi connectivity index (χ4n) is 2.77. The number of hydrogen-bond donors (Lipinski definition) is 1. The molecule has 0 amide bonds. The van der Waals surface area contributed by atoms with Gasteiger partial charge in [-0.1, -0.05) is 18.2 Å². The fraction of sp³-hybridized carbons (Fsp3) is 0.471. The Kier molecular flexibility index (Phi) is 4.61. The monoisotopic (exact) mass is 271 g/mol. The zero-order valence-electron chi connectivity index (χ0n) is 13.2. The lowest BCUT2D eigenvalue weighted by Crippen LogP contribution is -2.21. The van der Waals surface area contributed by atoms with E-state index in [-0.39, 0.29) is 0 Å². The first-order valence-corrected chi connectivity index (χ1v) is 7.33. The highest BCUT2D eigenvalue weighted by Gasteiger charge is 2.16. The van der Waals surface area contributed by atoms with Crippen molar-refractivity contribution in [1.82, 2.24) is 15.1 Å². The molecule has 0 saturated heterocycles. The van der Waals surface area contributed by atoms with E-state index >= 15 is 0 Å². The van der Waals surface area contributed by atoms with Crippen LogP contribution in [0.15, 0.2) is 24.3 Å². The van der Waals surface area contributed by atoms with Crippen molar-refractivity contribution in [2.24, 2.45) is 0 Å². The van der Waals surface area contributed by atoms with Gasteiger partial charge in [0.25, 0.3) is 0 Å². The van der Waals surface area contributed by atoms with Crippen LogP contribution in [0.25, 0.3) is 0 Å². The van der Waals surface area contributed by atoms with Crippen LogP contribution < -0.4 is 5.32 Å². The highest BCUT2D eigenvalue weighted by molar-refractivity contribution is 5.36. The van der Waals surface area contributed by atoms with Crippen molar-refractivity contribution in [3.8, 4) is 0 Å². The van der Waals surface area contributed by atoms with E-state index in [9.17, 15) is 0 Å². The molecule has 3 nitrogen and oxygen atoms in total. The summed E-state index contributed by atoms with van der Waals surface area (Å²) in [5.74, 6) is 0. The maximum atomic E-state index is 4.54. The van der Waals surface area contributed by atoms with E-state index in [0.29, 0.717) is 6.04 Å². The average Bonchev–Trinajstić information content (AvgIpc) is 2.79. The fourth-order valence-corrected chi connectivity index (χ4v) is 2.77. The number of aromatic nitrogens is 2. The first kappa shape index (κ1) is 14.8. The normalized spacial score (nSPS) is 12.7. The number of rotatable bonds is 5. The largest absolute Gasteiger partial charge is 0.313 e. The molecule has 20 heavy (non-hydrogen) atoms. The van der Waals surface area contributed by atoms with E-state index in [4.69, 9.17) is 0 Å². The van der Waals surface area contributed by atoms with E-state index < -0.39 is 0 Å². The van der Waals surface area contributed by atoms with E-state index in [1.54, 1.807) is 0 Å². The van der Waals surface area contributed by atoms with Gasteiger partial charge < -0.3 is 5.32 Å². The lowest BCUT2D eigenvalue weighted by atomic mass is 9.94. The predicted octanol–water partition coefficient (Wildman–Crippen LogP) is 3.33. The molecule has 1 atom stereocenters. The number of benzene rings is 1. The van der Waals surface area contributed by atoms with Gasteiger partial charge in [0.05, 0.1) is 5.69 Å². The predicted molar refractivity (Wildman–Crippen MR) is 84.1 cm³/mol. The Morgan fingerprint density at radius 3 is 2.65 bits per heavy atom. The van der Waals surface area contributed by atoms with Crippen molar-refractivity contribution in [1.29, 1.82) is 0 Å². The van der Waals surface area contributed by atoms with Crippen molar-refractivity contribution >= 4 is 0 Å². The lowest BCUT2D eigenvalue weighted by Gasteiger charge is -2.20. The quantitative estimate of drug-likeness (QED) is 0.904. The molecule has 1 aromatic carbocycles. The third-order valence-corrected chi connectivity index (χ3v) is 4.07. The van der Waals surface area contributed by atoms with Gasteiger partial charge in [0.2, 0.25) is 0 Å². The van der Waals surface area contributed by atoms with E-state index in [2.05, 4.69) is 67.1 Å². The first-order chi connectivity index (χ1) is 9.56. The van der Waals surface area contributed by atoms with Gasteiger partial charge in [0.1, 0.15) is 0 Å². The van der Waals surface area contributed by atoms with Crippen molar-refractivity contribution in [2.45, 2.75) is 46.7 Å². The van der Waals surface area contributed by atoms with Crippen LogP contribution in [0, 0.1) is 20.8 Å². The van der Waals surface area contributed by atoms with Crippen LogP contribution in [0.2, 0.25) is 0 Å². The molecular weight excluding hydrogens is 246 g/mol. The van der Waals surface area contributed by atoms with Crippen LogP contribution in [-0.4, -0.2) is 16.8 Å². The molecule has 2 rings (SSSR count). The van der Waals surface area contributed by atoms with Gasteiger partial charge in [0, 0.05) is 24.7 Å². The summed E-state index contributed by atoms with van der Waals surface area (Å²) in [5, 5.41) is 7.99. The molecule has 1 heterocycles. The van der Waals surface area contributed by atoms with Crippen molar-refractivity contribution < 1.29 is 0 Å². The summed E-state index contributed by atoms with van der Waals surface area (Å²) in [6, 6.07) is 9.06. The maximum absolute atomic E-state index is 4.54. The molecule has 0 bridgehead atoms. The Labute approximate surface area is 122 Å². The van der Waals surface area contributed by atoms with Crippen molar-refractivity contribution in [3.05, 3.63) is 52.3 Å². The van der Waals surface area contributed by atoms with Gasteiger partial charge >= 0.3 is 0 Å². The van der Waals surface area contributed by atoms with Gasteiger partial charge in [-0.25, -0.2) is 0 Å². The molecule has 0 aliphatic heterocycles. The Balaban J connectivity index is 2.31. The number of likely N-dealkylation sites (N-methyl/N-ethyl adjacent to an activating group) is 1. The Bertz CT molecular complexity index is 584. The minimum atomic E-state index is 0.330. The van der Waals surface area contributed by atoms with Gasteiger partial charge in [0.15, 0.2) is 0 Å². The summed E-state index contributed by atoms with van der Waals surface area (Å²) in [6.45, 7) is 9.50. The summed E-state index contributed by atoms with van der Waals surface area (Å²) >= 11 is 0. The Morgan fingerprint density at radius 2 is 2.00 bits per heavy atom. The Morgan fingerprint density at radius 1 is 1.25 bits per heavy atom. The number of hydrogen-bond acceptors (Lipinski definition) is 2. The zero-order valence-corrected chi connectivity index (χ0v) is 13.2. The molecule has 2 aromatic rings. The van der Waals surface area contributed by atoms with Crippen LogP contribution in [-0.2, 0) is 13.0 Å². The molecule has 1 unspecified atom stereocenters. The van der Waals surface area contributed by atoms with E-state index in [1.165, 1.54) is 22.4 Å². The first-order valence-electron chi connectivity index (χ1n) is 7.33. The van der Waals surface area contributed by atoms with Crippen LogP contribution in [0.3, 0.4) is 0 Å². The molecular formula is C17H25N3. The standard InChI is InChI=1S/C17H25N3/c1-6-20-15(10-13(3)19-20)11-17(18-5)16-9-7-8-12(2)14(16)4/h7-10,17-18H,6,11H2,1-5H3. The number of nitrogens with zero attached hydrogens (tertiary/aromatic N) is 2. The second-order valence-corrected chi connectivity index (χ2v) is 5.43. The summed E-state index contributed by atoms with van der Waals surface area (Å²) in [6.07, 6.45) is 0.968. The summed E-state index contributed by atoms with van der Waals surface area (Å²) in [5.41, 5.74) is 6.51. The molecule has 1 N–H and O–H groups in total. The summed E-state index contributed by atoms with van der Waals surface area (Å²) < 4.78 is 2.10. The maximum Gasteiger partial charge on any atom is 0.0596 e. The van der Waals surface area contributed by atoms with Gasteiger partial charge in [-0.05, 0) is 57.5 Å². The van der Waals surface area contributed by atoms with Crippen LogP contribution in [0.5, 0.6) is 0 Å². The number of nitrogens with one attached hydrogen (secondary N) is 1. The third-order valence-electron chi connectivity index (χ3n) is 4.07. The van der Waals surface area contributed by atoms with Crippen LogP contribution in [0.4, 0.5) is 0 Å². The smallest absolute Gasteiger partial charge is 0.0596 e. The molecule has 0 spiro atoms. The molecule has 0 radical (unpaired) electrons. The minimum Gasteiger partial charge on any atom is -0.313 e. The summed E-state index contributed by atoms with van der Waals surface area (Å²) in [7, 11) is 2.03. The van der Waals surface area contributed by atoms with Gasteiger partial charge in [-0.2, -0.15) is 5.10 Å². The third kappa shape index (κ3) is 2.93. The Hall–Kier alpha value is -1.61. The molecule has 1 aromatic heterocycles. The highest BCUT2D eigenvalue weighted by Crippen LogP contribution is 2.24. The lowest BCUT2D eigenvalue weighted by molar-refractivity contribution is 0.539. The average molecular weight is 271 g/mol. The molecule has 108 valence electrons. The number of aryl methyl sites for hydroxylation is 3. The second-order valence-electron chi connectivity index (χ2n) is 5.43. The van der Waals surface area contributed by atoms with Crippen molar-refractivity contribution in [3.63, 3.8) is 0 Å². The van der Waals surface area contributed by atoms with Gasteiger partial charge in [-0.3, -0.25) is 4.68 Å². The zero-order chi connectivity index (χ0) is 14.7. The summed E-state index contributed by atoms with van der Waals surface area (Å²) in [4.78, 5) is 0. The second kappa shape index (κ2) is 6.23. The van der Waals surface area contributed by atoms with E-state index in [1.807, 2.05) is 7.05 Å². The van der Waals surface area contributed by atoms with E-state index in [0.717, 1.165) is 18.7 Å². The minimum absolute atomic E-state index is 0.330. The SMILES string of the molecule is CCn1nc(C)cc1CC(NC)c1cccc(C)c1C. The molecule has 0 saturated carbocycles. The van der Waals surface area contributed by atoms with Crippen molar-refractivity contribution in [2.75, 3.05) is 7.05 Å². The van der Waals surface area contributed by atoms with Crippen LogP contribution >= 0.6 is 0 Å².